The lowest BCUT2D eigenvalue weighted by molar-refractivity contribution is -0.138. The maximum Gasteiger partial charge on any atom is 0.320 e. The van der Waals surface area contributed by atoms with Crippen molar-refractivity contribution < 1.29 is 9.90 Å². The molecule has 1 heterocycles. The summed E-state index contributed by atoms with van der Waals surface area (Å²) in [4.78, 5) is 14.7. The van der Waals surface area contributed by atoms with Gasteiger partial charge in [-0.05, 0) is 23.4 Å². The number of carboxylic acids is 1. The Bertz CT molecular complexity index is 529. The van der Waals surface area contributed by atoms with E-state index in [0.29, 0.717) is 6.42 Å². The minimum atomic E-state index is -0.981. The highest BCUT2D eigenvalue weighted by Crippen LogP contribution is 2.18. The van der Waals surface area contributed by atoms with Crippen molar-refractivity contribution in [2.45, 2.75) is 12.5 Å². The Kier molecular flexibility index (Phi) is 6.62. The van der Waals surface area contributed by atoms with Crippen molar-refractivity contribution in [3.05, 3.63) is 42.2 Å². The molecule has 1 aromatic carbocycles. The highest BCUT2D eigenvalue weighted by Gasteiger charge is 2.13. The van der Waals surface area contributed by atoms with Crippen LogP contribution in [0, 0.1) is 0 Å². The molecule has 0 saturated heterocycles. The summed E-state index contributed by atoms with van der Waals surface area (Å²) in [7, 11) is 0. The van der Waals surface area contributed by atoms with Gasteiger partial charge in [-0.1, -0.05) is 18.2 Å². The van der Waals surface area contributed by atoms with Gasteiger partial charge in [-0.2, -0.15) is 0 Å². The molecule has 0 spiro atoms. The highest BCUT2D eigenvalue weighted by atomic mass is 35.5. The average molecular weight is 289 g/mol. The molecule has 0 aliphatic heterocycles. The number of rotatable bonds is 3. The van der Waals surface area contributed by atoms with Crippen LogP contribution in [0.4, 0.5) is 0 Å². The van der Waals surface area contributed by atoms with Crippen molar-refractivity contribution in [1.82, 2.24) is 4.98 Å². The fraction of sp³-hybridized carbons (Fsp3) is 0.167. The number of hydrogen-bond acceptors (Lipinski definition) is 3. The molecule has 0 aliphatic carbocycles. The summed E-state index contributed by atoms with van der Waals surface area (Å²) in [6, 6.07) is 6.73. The van der Waals surface area contributed by atoms with Gasteiger partial charge in [-0.15, -0.1) is 24.8 Å². The number of halogens is 2. The molecular formula is C12H14Cl2N2O2. The quantitative estimate of drug-likeness (QED) is 0.906. The van der Waals surface area contributed by atoms with Crippen LogP contribution < -0.4 is 5.73 Å². The SMILES string of the molecule is Cl.Cl.N[C@@H](Cc1cccc2cnccc12)C(=O)O. The van der Waals surface area contributed by atoms with E-state index in [1.54, 1.807) is 12.4 Å². The Morgan fingerprint density at radius 1 is 1.33 bits per heavy atom. The van der Waals surface area contributed by atoms with E-state index >= 15 is 0 Å². The number of fused-ring (bicyclic) bond motifs is 1. The minimum Gasteiger partial charge on any atom is -0.480 e. The second-order valence-electron chi connectivity index (χ2n) is 3.66. The predicted molar refractivity (Wildman–Crippen MR) is 75.6 cm³/mol. The third-order valence-corrected chi connectivity index (χ3v) is 2.53. The summed E-state index contributed by atoms with van der Waals surface area (Å²) in [6.07, 6.45) is 3.78. The topological polar surface area (TPSA) is 76.2 Å². The molecule has 2 aromatic rings. The number of carbonyl (C=O) groups is 1. The molecule has 3 N–H and O–H groups in total. The zero-order valence-corrected chi connectivity index (χ0v) is 11.1. The van der Waals surface area contributed by atoms with Gasteiger partial charge in [0.2, 0.25) is 0 Å². The molecule has 0 radical (unpaired) electrons. The van der Waals surface area contributed by atoms with Crippen molar-refractivity contribution in [1.29, 1.82) is 0 Å². The van der Waals surface area contributed by atoms with E-state index in [0.717, 1.165) is 16.3 Å². The lowest BCUT2D eigenvalue weighted by atomic mass is 10.0. The summed E-state index contributed by atoms with van der Waals surface area (Å²) in [5, 5.41) is 10.8. The number of hydrogen-bond donors (Lipinski definition) is 2. The molecule has 0 amide bonds. The lowest BCUT2D eigenvalue weighted by Gasteiger charge is -2.09. The normalized spacial score (nSPS) is 11.2. The van der Waals surface area contributed by atoms with Gasteiger partial charge in [-0.3, -0.25) is 9.78 Å². The van der Waals surface area contributed by atoms with Crippen molar-refractivity contribution in [2.75, 3.05) is 0 Å². The molecule has 0 fully saturated rings. The Morgan fingerprint density at radius 3 is 2.72 bits per heavy atom. The fourth-order valence-electron chi connectivity index (χ4n) is 1.69. The molecule has 6 heteroatoms. The maximum atomic E-state index is 10.7. The number of aliphatic carboxylic acids is 1. The summed E-state index contributed by atoms with van der Waals surface area (Å²) in [6.45, 7) is 0. The van der Waals surface area contributed by atoms with Crippen molar-refractivity contribution >= 4 is 41.6 Å². The molecule has 98 valence electrons. The van der Waals surface area contributed by atoms with Gasteiger partial charge in [0.05, 0.1) is 0 Å². The number of carboxylic acid groups (broad SMARTS) is 1. The molecule has 0 aliphatic rings. The van der Waals surface area contributed by atoms with E-state index < -0.39 is 12.0 Å². The first-order valence-corrected chi connectivity index (χ1v) is 4.98. The first-order valence-electron chi connectivity index (χ1n) is 4.98. The number of nitrogens with two attached hydrogens (primary N) is 1. The minimum absolute atomic E-state index is 0. The van der Waals surface area contributed by atoms with Crippen LogP contribution in [0.15, 0.2) is 36.7 Å². The number of aromatic nitrogens is 1. The summed E-state index contributed by atoms with van der Waals surface area (Å²) in [5.74, 6) is -0.981. The molecule has 0 unspecified atom stereocenters. The standard InChI is InChI=1S/C12H12N2O2.2ClH/c13-11(12(15)16)6-8-2-1-3-9-7-14-5-4-10(8)9;;/h1-5,7,11H,6,13H2,(H,15,16);2*1H/t11-;;/m0../s1. The van der Waals surface area contributed by atoms with Crippen molar-refractivity contribution in [2.24, 2.45) is 5.73 Å². The van der Waals surface area contributed by atoms with Gasteiger partial charge in [-0.25, -0.2) is 0 Å². The van der Waals surface area contributed by atoms with Crippen LogP contribution in [-0.2, 0) is 11.2 Å². The van der Waals surface area contributed by atoms with Crippen molar-refractivity contribution in [3.8, 4) is 0 Å². The van der Waals surface area contributed by atoms with Crippen molar-refractivity contribution in [3.63, 3.8) is 0 Å². The molecular weight excluding hydrogens is 275 g/mol. The van der Waals surface area contributed by atoms with E-state index in [1.165, 1.54) is 0 Å². The Labute approximate surface area is 117 Å². The third kappa shape index (κ3) is 3.57. The zero-order valence-electron chi connectivity index (χ0n) is 9.45. The van der Waals surface area contributed by atoms with Crippen LogP contribution in [0.3, 0.4) is 0 Å². The maximum absolute atomic E-state index is 10.7. The van der Waals surface area contributed by atoms with Gasteiger partial charge in [0.15, 0.2) is 0 Å². The predicted octanol–water partition coefficient (Wildman–Crippen LogP) is 2.03. The second kappa shape index (κ2) is 7.16. The smallest absolute Gasteiger partial charge is 0.320 e. The molecule has 0 saturated carbocycles. The highest BCUT2D eigenvalue weighted by molar-refractivity contribution is 5.86. The fourth-order valence-corrected chi connectivity index (χ4v) is 1.69. The van der Waals surface area contributed by atoms with Crippen LogP contribution in [0.1, 0.15) is 5.56 Å². The molecule has 1 atom stereocenters. The first kappa shape index (κ1) is 16.6. The van der Waals surface area contributed by atoms with Crippen LogP contribution in [-0.4, -0.2) is 22.1 Å². The largest absolute Gasteiger partial charge is 0.480 e. The van der Waals surface area contributed by atoms with Gasteiger partial charge < -0.3 is 10.8 Å². The molecule has 4 nitrogen and oxygen atoms in total. The van der Waals surface area contributed by atoms with Crippen LogP contribution >= 0.6 is 24.8 Å². The zero-order chi connectivity index (χ0) is 11.5. The van der Waals surface area contributed by atoms with Gasteiger partial charge in [0, 0.05) is 17.8 Å². The molecule has 0 bridgehead atoms. The molecule has 18 heavy (non-hydrogen) atoms. The van der Waals surface area contributed by atoms with Gasteiger partial charge in [0.25, 0.3) is 0 Å². The Hall–Kier alpha value is -1.36. The van der Waals surface area contributed by atoms with E-state index in [1.807, 2.05) is 24.3 Å². The van der Waals surface area contributed by atoms with Crippen LogP contribution in [0.25, 0.3) is 10.8 Å². The second-order valence-corrected chi connectivity index (χ2v) is 3.66. The third-order valence-electron chi connectivity index (χ3n) is 2.53. The Morgan fingerprint density at radius 2 is 2.06 bits per heavy atom. The summed E-state index contributed by atoms with van der Waals surface area (Å²) in [5.41, 5.74) is 6.46. The summed E-state index contributed by atoms with van der Waals surface area (Å²) < 4.78 is 0. The molecule has 1 aromatic heterocycles. The van der Waals surface area contributed by atoms with E-state index in [2.05, 4.69) is 4.98 Å². The number of benzene rings is 1. The van der Waals surface area contributed by atoms with Crippen LogP contribution in [0.2, 0.25) is 0 Å². The number of nitrogens with zero attached hydrogens (tertiary/aromatic N) is 1. The van der Waals surface area contributed by atoms with Gasteiger partial charge >= 0.3 is 5.97 Å². The molecule has 2 rings (SSSR count). The Balaban J connectivity index is 0.00000144. The average Bonchev–Trinajstić information content (AvgIpc) is 2.29. The van der Waals surface area contributed by atoms with E-state index in [-0.39, 0.29) is 24.8 Å². The monoisotopic (exact) mass is 288 g/mol. The van der Waals surface area contributed by atoms with E-state index in [4.69, 9.17) is 10.8 Å². The van der Waals surface area contributed by atoms with Gasteiger partial charge in [0.1, 0.15) is 6.04 Å². The summed E-state index contributed by atoms with van der Waals surface area (Å²) >= 11 is 0. The van der Waals surface area contributed by atoms with E-state index in [9.17, 15) is 4.79 Å². The lowest BCUT2D eigenvalue weighted by Crippen LogP contribution is -2.32. The van der Waals surface area contributed by atoms with Crippen LogP contribution in [0.5, 0.6) is 0 Å². The number of pyridine rings is 1. The first-order chi connectivity index (χ1) is 7.68.